The molecule has 7 nitrogen and oxygen atoms in total. The number of nitrogens with zero attached hydrogens (tertiary/aromatic N) is 4. The maximum Gasteiger partial charge on any atom is 0.298 e. The molecular weight excluding hydrogens is 452 g/mol. The molecule has 1 aliphatic heterocycles. The Kier molecular flexibility index (Phi) is 6.17. The summed E-state index contributed by atoms with van der Waals surface area (Å²) < 4.78 is 35.9. The number of oxazole rings is 1. The van der Waals surface area contributed by atoms with E-state index in [1.165, 1.54) is 28.9 Å². The first-order chi connectivity index (χ1) is 16.9. The summed E-state index contributed by atoms with van der Waals surface area (Å²) in [6.45, 7) is 3.32. The Labute approximate surface area is 201 Å². The number of hydrogen-bond donors (Lipinski definition) is 1. The van der Waals surface area contributed by atoms with Gasteiger partial charge in [-0.25, -0.2) is 8.78 Å². The Hall–Kier alpha value is -3.85. The van der Waals surface area contributed by atoms with Crippen LogP contribution in [0.3, 0.4) is 0 Å². The van der Waals surface area contributed by atoms with Gasteiger partial charge in [-0.3, -0.25) is 4.79 Å². The lowest BCUT2D eigenvalue weighted by atomic mass is 10.1. The van der Waals surface area contributed by atoms with Crippen molar-refractivity contribution < 1.29 is 13.2 Å². The quantitative estimate of drug-likeness (QED) is 0.461. The number of anilines is 1. The Morgan fingerprint density at radius 1 is 1.06 bits per heavy atom. The van der Waals surface area contributed by atoms with Crippen molar-refractivity contribution in [2.75, 3.05) is 25.0 Å². The van der Waals surface area contributed by atoms with Gasteiger partial charge in [0.15, 0.2) is 5.76 Å². The molecule has 0 saturated carbocycles. The molecule has 0 bridgehead atoms. The van der Waals surface area contributed by atoms with Gasteiger partial charge in [0, 0.05) is 36.8 Å². The molecule has 35 heavy (non-hydrogen) atoms. The molecule has 0 atom stereocenters. The monoisotopic (exact) mass is 477 g/mol. The lowest BCUT2D eigenvalue weighted by Crippen LogP contribution is -2.41. The van der Waals surface area contributed by atoms with Gasteiger partial charge in [0.25, 0.3) is 11.6 Å². The molecule has 1 aliphatic rings. The Bertz CT molecular complexity index is 1420. The van der Waals surface area contributed by atoms with Crippen LogP contribution in [0.15, 0.2) is 63.8 Å². The number of aryl methyl sites for hydroxylation is 1. The molecule has 0 radical (unpaired) electrons. The van der Waals surface area contributed by atoms with Crippen LogP contribution < -0.4 is 15.8 Å². The van der Waals surface area contributed by atoms with Crippen LogP contribution >= 0.6 is 0 Å². The second kappa shape index (κ2) is 9.42. The summed E-state index contributed by atoms with van der Waals surface area (Å²) in [5.41, 5.74) is 1.80. The number of hydrogen-bond acceptors (Lipinski definition) is 6. The van der Waals surface area contributed by atoms with E-state index in [1.54, 1.807) is 6.07 Å². The molecule has 0 amide bonds. The fraction of sp³-hybridized carbons (Fsp3) is 0.269. The average molecular weight is 478 g/mol. The molecule has 1 fully saturated rings. The van der Waals surface area contributed by atoms with Crippen LogP contribution in [0.2, 0.25) is 0 Å². The number of rotatable bonds is 5. The highest BCUT2D eigenvalue weighted by Crippen LogP contribution is 2.36. The van der Waals surface area contributed by atoms with E-state index < -0.39 is 11.6 Å². The predicted molar refractivity (Wildman–Crippen MR) is 130 cm³/mol. The normalized spacial score (nSPS) is 14.5. The first-order valence-electron chi connectivity index (χ1n) is 11.5. The van der Waals surface area contributed by atoms with Crippen molar-refractivity contribution >= 4 is 6.01 Å². The van der Waals surface area contributed by atoms with Gasteiger partial charge in [0.2, 0.25) is 0 Å². The van der Waals surface area contributed by atoms with Crippen molar-refractivity contribution in [3.05, 3.63) is 82.1 Å². The second-order valence-corrected chi connectivity index (χ2v) is 8.60. The van der Waals surface area contributed by atoms with Gasteiger partial charge in [-0.05, 0) is 56.6 Å². The van der Waals surface area contributed by atoms with Crippen LogP contribution in [0.25, 0.3) is 28.4 Å². The third-order valence-corrected chi connectivity index (χ3v) is 6.35. The van der Waals surface area contributed by atoms with Crippen molar-refractivity contribution in [2.45, 2.75) is 25.8 Å². The van der Waals surface area contributed by atoms with Crippen LogP contribution in [-0.2, 0) is 0 Å². The van der Waals surface area contributed by atoms with E-state index in [0.29, 0.717) is 36.5 Å². The summed E-state index contributed by atoms with van der Waals surface area (Å²) in [4.78, 5) is 19.3. The lowest BCUT2D eigenvalue weighted by Gasteiger charge is -2.30. The van der Waals surface area contributed by atoms with E-state index in [-0.39, 0.29) is 22.6 Å². The van der Waals surface area contributed by atoms with Crippen molar-refractivity contribution in [2.24, 2.45) is 0 Å². The van der Waals surface area contributed by atoms with Crippen LogP contribution in [0.5, 0.6) is 0 Å². The number of para-hydroxylation sites is 1. The maximum absolute atomic E-state index is 14.8. The molecule has 4 aromatic rings. The van der Waals surface area contributed by atoms with E-state index in [4.69, 9.17) is 4.42 Å². The highest BCUT2D eigenvalue weighted by atomic mass is 19.1. The van der Waals surface area contributed by atoms with E-state index in [1.807, 2.05) is 37.1 Å². The minimum atomic E-state index is -0.757. The largest absolute Gasteiger partial charge is 0.421 e. The Morgan fingerprint density at radius 3 is 2.54 bits per heavy atom. The smallest absolute Gasteiger partial charge is 0.298 e. The average Bonchev–Trinajstić information content (AvgIpc) is 3.30. The molecule has 180 valence electrons. The third-order valence-electron chi connectivity index (χ3n) is 6.35. The van der Waals surface area contributed by atoms with Crippen LogP contribution in [0, 0.1) is 18.6 Å². The number of halogens is 2. The Morgan fingerprint density at radius 2 is 1.83 bits per heavy atom. The molecule has 9 heteroatoms. The molecule has 2 aromatic carbocycles. The van der Waals surface area contributed by atoms with Crippen molar-refractivity contribution in [3.63, 3.8) is 0 Å². The summed E-state index contributed by atoms with van der Waals surface area (Å²) in [6.07, 6.45) is 1.82. The number of piperidine rings is 1. The van der Waals surface area contributed by atoms with Crippen molar-refractivity contribution in [1.29, 1.82) is 0 Å². The first-order valence-corrected chi connectivity index (χ1v) is 11.5. The van der Waals surface area contributed by atoms with Gasteiger partial charge in [-0.15, -0.1) is 0 Å². The zero-order chi connectivity index (χ0) is 24.5. The van der Waals surface area contributed by atoms with Gasteiger partial charge >= 0.3 is 0 Å². The van der Waals surface area contributed by atoms with Crippen LogP contribution in [0.4, 0.5) is 14.8 Å². The van der Waals surface area contributed by atoms with E-state index in [2.05, 4.69) is 15.4 Å². The highest BCUT2D eigenvalue weighted by molar-refractivity contribution is 5.76. The SMILES string of the molecule is CNC1CCN(c2nc(-c3ccc(F)cc3F)c(-c3ccc(=O)n(-c4ccccc4C)n3)o2)CC1. The highest BCUT2D eigenvalue weighted by Gasteiger charge is 2.27. The molecule has 3 heterocycles. The number of benzene rings is 2. The van der Waals surface area contributed by atoms with Crippen molar-refractivity contribution in [1.82, 2.24) is 20.1 Å². The number of nitrogens with one attached hydrogen (secondary N) is 1. The topological polar surface area (TPSA) is 76.2 Å². The third kappa shape index (κ3) is 4.46. The van der Waals surface area contributed by atoms with Gasteiger partial charge in [-0.1, -0.05) is 18.2 Å². The molecule has 0 spiro atoms. The van der Waals surface area contributed by atoms with Gasteiger partial charge in [0.1, 0.15) is 23.0 Å². The fourth-order valence-corrected chi connectivity index (χ4v) is 4.35. The first kappa shape index (κ1) is 22.9. The minimum absolute atomic E-state index is 0.0944. The standard InChI is InChI=1S/C26H25F2N5O2/c1-16-5-3-4-6-22(16)33-23(34)10-9-21(31-33)25-24(19-8-7-17(27)15-20(19)28)30-26(35-25)32-13-11-18(29-2)12-14-32/h3-10,15,18,29H,11-14H2,1-2H3. The summed E-state index contributed by atoms with van der Waals surface area (Å²) in [5.74, 6) is -1.23. The molecule has 1 N–H and O–H groups in total. The molecule has 1 saturated heterocycles. The molecule has 2 aromatic heterocycles. The van der Waals surface area contributed by atoms with Gasteiger partial charge in [-0.2, -0.15) is 14.8 Å². The second-order valence-electron chi connectivity index (χ2n) is 8.60. The minimum Gasteiger partial charge on any atom is -0.421 e. The molecule has 5 rings (SSSR count). The molecular formula is C26H25F2N5O2. The molecule has 0 unspecified atom stereocenters. The zero-order valence-electron chi connectivity index (χ0n) is 19.5. The summed E-state index contributed by atoms with van der Waals surface area (Å²) in [5, 5.41) is 7.82. The van der Waals surface area contributed by atoms with Gasteiger partial charge in [0.05, 0.1) is 5.69 Å². The predicted octanol–water partition coefficient (Wildman–Crippen LogP) is 4.33. The van der Waals surface area contributed by atoms with Crippen molar-refractivity contribution in [3.8, 4) is 28.4 Å². The fourth-order valence-electron chi connectivity index (χ4n) is 4.35. The van der Waals surface area contributed by atoms with Crippen LogP contribution in [0.1, 0.15) is 18.4 Å². The molecule has 0 aliphatic carbocycles. The number of aromatic nitrogens is 3. The lowest BCUT2D eigenvalue weighted by molar-refractivity contribution is 0.420. The van der Waals surface area contributed by atoms with E-state index in [9.17, 15) is 13.6 Å². The summed E-state index contributed by atoms with van der Waals surface area (Å²) in [6, 6.07) is 14.4. The van der Waals surface area contributed by atoms with E-state index >= 15 is 0 Å². The zero-order valence-corrected chi connectivity index (χ0v) is 19.5. The summed E-state index contributed by atoms with van der Waals surface area (Å²) >= 11 is 0. The Balaban J connectivity index is 1.64. The maximum atomic E-state index is 14.8. The van der Waals surface area contributed by atoms with Crippen LogP contribution in [-0.4, -0.2) is 40.9 Å². The van der Waals surface area contributed by atoms with Gasteiger partial charge < -0.3 is 14.6 Å². The summed E-state index contributed by atoms with van der Waals surface area (Å²) in [7, 11) is 1.94. The van der Waals surface area contributed by atoms with E-state index in [0.717, 1.165) is 24.5 Å².